The lowest BCUT2D eigenvalue weighted by atomic mass is 9.87. The van der Waals surface area contributed by atoms with Gasteiger partial charge in [-0.3, -0.25) is 0 Å². The van der Waals surface area contributed by atoms with Crippen molar-refractivity contribution in [2.45, 2.75) is 38.0 Å². The Balaban J connectivity index is 1.20. The third kappa shape index (κ3) is 2.94. The summed E-state index contributed by atoms with van der Waals surface area (Å²) in [5, 5.41) is 4.02. The number of rotatable bonds is 2. The molecule has 6 aromatic rings. The Morgan fingerprint density at radius 1 is 0.675 bits per heavy atom. The zero-order valence-electron chi connectivity index (χ0n) is 22.6. The van der Waals surface area contributed by atoms with Gasteiger partial charge in [-0.15, -0.1) is 0 Å². The number of hydrogen-bond donors (Lipinski definition) is 0. The SMILES string of the molecule is CC1C2=CC=C(n3c4ccccc4c4ccccc43)CC2c2cc(-n3c4c(c5ccccc53)C=CCC4)ccc21. The highest BCUT2D eigenvalue weighted by Gasteiger charge is 2.36. The Morgan fingerprint density at radius 3 is 2.10 bits per heavy atom. The molecule has 9 rings (SSSR count). The van der Waals surface area contributed by atoms with E-state index in [4.69, 9.17) is 0 Å². The fourth-order valence-electron chi connectivity index (χ4n) is 7.88. The first-order chi connectivity index (χ1) is 19.8. The van der Waals surface area contributed by atoms with Crippen LogP contribution in [0.3, 0.4) is 0 Å². The van der Waals surface area contributed by atoms with E-state index in [9.17, 15) is 0 Å². The van der Waals surface area contributed by atoms with E-state index in [1.54, 1.807) is 5.57 Å². The average Bonchev–Trinajstić information content (AvgIpc) is 3.63. The van der Waals surface area contributed by atoms with E-state index < -0.39 is 0 Å². The van der Waals surface area contributed by atoms with Gasteiger partial charge in [-0.25, -0.2) is 0 Å². The Morgan fingerprint density at radius 2 is 1.35 bits per heavy atom. The summed E-state index contributed by atoms with van der Waals surface area (Å²) in [6, 6.07) is 33.9. The topological polar surface area (TPSA) is 9.86 Å². The summed E-state index contributed by atoms with van der Waals surface area (Å²) in [6.07, 6.45) is 12.7. The third-order valence-corrected chi connectivity index (χ3v) is 9.67. The summed E-state index contributed by atoms with van der Waals surface area (Å²) in [7, 11) is 0. The number of benzene rings is 4. The molecule has 0 N–H and O–H groups in total. The Hall–Kier alpha value is -4.56. The molecular weight excluding hydrogens is 484 g/mol. The minimum absolute atomic E-state index is 0.405. The molecule has 192 valence electrons. The molecule has 2 atom stereocenters. The van der Waals surface area contributed by atoms with Gasteiger partial charge in [0.25, 0.3) is 0 Å². The van der Waals surface area contributed by atoms with Crippen LogP contribution in [-0.2, 0) is 6.42 Å². The normalized spacial score (nSPS) is 19.5. The first kappa shape index (κ1) is 22.3. The summed E-state index contributed by atoms with van der Waals surface area (Å²) in [5.41, 5.74) is 14.0. The van der Waals surface area contributed by atoms with Gasteiger partial charge in [-0.05, 0) is 66.8 Å². The average molecular weight is 515 g/mol. The molecule has 2 heterocycles. The molecule has 0 saturated heterocycles. The lowest BCUT2D eigenvalue weighted by Crippen LogP contribution is -2.08. The standard InChI is InChI=1S/C38H30N2/c1-24-27-20-18-25(39-35-14-6-2-10-29(35)30-11-3-7-15-36(30)39)22-33(27)34-23-26(19-21-28(24)34)40-37-16-8-4-12-31(37)32-13-5-9-17-38(32)40/h2-8,10-16,18-21,23-24,33H,9,17,22H2,1H3. The van der Waals surface area contributed by atoms with Gasteiger partial charge < -0.3 is 9.13 Å². The summed E-state index contributed by atoms with van der Waals surface area (Å²) in [5.74, 6) is 0.852. The van der Waals surface area contributed by atoms with E-state index in [2.05, 4.69) is 131 Å². The van der Waals surface area contributed by atoms with Crippen molar-refractivity contribution >= 4 is 44.5 Å². The van der Waals surface area contributed by atoms with Crippen LogP contribution in [0, 0.1) is 0 Å². The monoisotopic (exact) mass is 514 g/mol. The van der Waals surface area contributed by atoms with E-state index in [0.717, 1.165) is 19.3 Å². The highest BCUT2D eigenvalue weighted by molar-refractivity contribution is 6.10. The molecule has 40 heavy (non-hydrogen) atoms. The van der Waals surface area contributed by atoms with Crippen LogP contribution in [-0.4, -0.2) is 9.13 Å². The molecule has 0 radical (unpaired) electrons. The molecule has 3 aliphatic carbocycles. The van der Waals surface area contributed by atoms with Gasteiger partial charge in [0.05, 0.1) is 16.6 Å². The summed E-state index contributed by atoms with van der Waals surface area (Å²) in [6.45, 7) is 2.39. The van der Waals surface area contributed by atoms with E-state index >= 15 is 0 Å². The van der Waals surface area contributed by atoms with E-state index in [1.807, 2.05) is 0 Å². The summed E-state index contributed by atoms with van der Waals surface area (Å²) in [4.78, 5) is 0. The van der Waals surface area contributed by atoms with Crippen LogP contribution in [0.2, 0.25) is 0 Å². The minimum Gasteiger partial charge on any atom is -0.313 e. The van der Waals surface area contributed by atoms with Crippen molar-refractivity contribution in [3.63, 3.8) is 0 Å². The van der Waals surface area contributed by atoms with Crippen LogP contribution in [0.15, 0.2) is 115 Å². The molecule has 4 aromatic carbocycles. The van der Waals surface area contributed by atoms with Crippen LogP contribution >= 0.6 is 0 Å². The van der Waals surface area contributed by atoms with Gasteiger partial charge in [0, 0.05) is 50.6 Å². The fraction of sp³-hybridized carbons (Fsp3) is 0.158. The van der Waals surface area contributed by atoms with E-state index in [0.29, 0.717) is 11.8 Å². The maximum Gasteiger partial charge on any atom is 0.0537 e. The number of allylic oxidation sites excluding steroid dienone is 5. The minimum atomic E-state index is 0.405. The molecule has 2 heteroatoms. The lowest BCUT2D eigenvalue weighted by Gasteiger charge is -2.24. The maximum atomic E-state index is 2.54. The van der Waals surface area contributed by atoms with Gasteiger partial charge in [-0.1, -0.05) is 91.4 Å². The number of para-hydroxylation sites is 3. The van der Waals surface area contributed by atoms with Gasteiger partial charge in [0.1, 0.15) is 0 Å². The molecule has 0 spiro atoms. The van der Waals surface area contributed by atoms with Crippen molar-refractivity contribution in [3.8, 4) is 5.69 Å². The number of nitrogens with zero attached hydrogens (tertiary/aromatic N) is 2. The van der Waals surface area contributed by atoms with Crippen molar-refractivity contribution in [3.05, 3.63) is 137 Å². The number of fused-ring (bicyclic) bond motifs is 9. The van der Waals surface area contributed by atoms with Crippen LogP contribution in [0.1, 0.15) is 54.0 Å². The van der Waals surface area contributed by atoms with Gasteiger partial charge in [0.2, 0.25) is 0 Å². The summed E-state index contributed by atoms with van der Waals surface area (Å²) >= 11 is 0. The second-order valence-electron chi connectivity index (χ2n) is 11.6. The summed E-state index contributed by atoms with van der Waals surface area (Å²) < 4.78 is 5.04. The molecule has 2 unspecified atom stereocenters. The van der Waals surface area contributed by atoms with Crippen molar-refractivity contribution in [1.82, 2.24) is 9.13 Å². The maximum absolute atomic E-state index is 2.54. The molecule has 0 aliphatic heterocycles. The third-order valence-electron chi connectivity index (χ3n) is 9.67. The molecule has 0 amide bonds. The largest absolute Gasteiger partial charge is 0.313 e. The van der Waals surface area contributed by atoms with Crippen molar-refractivity contribution in [1.29, 1.82) is 0 Å². The fourth-order valence-corrected chi connectivity index (χ4v) is 7.88. The molecule has 0 saturated carbocycles. The quantitative estimate of drug-likeness (QED) is 0.218. The van der Waals surface area contributed by atoms with Crippen molar-refractivity contribution in [2.24, 2.45) is 0 Å². The zero-order valence-corrected chi connectivity index (χ0v) is 22.6. The van der Waals surface area contributed by atoms with Gasteiger partial charge in [0.15, 0.2) is 0 Å². The highest BCUT2D eigenvalue weighted by atomic mass is 15.0. The second kappa shape index (κ2) is 8.22. The highest BCUT2D eigenvalue weighted by Crippen LogP contribution is 2.52. The van der Waals surface area contributed by atoms with Gasteiger partial charge in [-0.2, -0.15) is 0 Å². The molecule has 2 nitrogen and oxygen atoms in total. The van der Waals surface area contributed by atoms with Crippen LogP contribution in [0.5, 0.6) is 0 Å². The molecule has 0 bridgehead atoms. The van der Waals surface area contributed by atoms with Crippen LogP contribution in [0.4, 0.5) is 0 Å². The Labute approximate surface area is 234 Å². The smallest absolute Gasteiger partial charge is 0.0537 e. The van der Waals surface area contributed by atoms with Gasteiger partial charge >= 0.3 is 0 Å². The zero-order chi connectivity index (χ0) is 26.4. The van der Waals surface area contributed by atoms with Crippen LogP contribution < -0.4 is 0 Å². The predicted molar refractivity (Wildman–Crippen MR) is 168 cm³/mol. The first-order valence-electron chi connectivity index (χ1n) is 14.6. The Kier molecular flexibility index (Phi) is 4.58. The molecule has 2 aromatic heterocycles. The second-order valence-corrected chi connectivity index (χ2v) is 11.6. The van der Waals surface area contributed by atoms with Crippen molar-refractivity contribution in [2.75, 3.05) is 0 Å². The molecule has 0 fully saturated rings. The predicted octanol–water partition coefficient (Wildman–Crippen LogP) is 9.77. The molecule has 3 aliphatic rings. The molecular formula is C38H30N2. The number of aromatic nitrogens is 2. The van der Waals surface area contributed by atoms with E-state index in [1.165, 1.54) is 66.5 Å². The number of hydrogen-bond acceptors (Lipinski definition) is 0. The van der Waals surface area contributed by atoms with Crippen molar-refractivity contribution < 1.29 is 0 Å². The van der Waals surface area contributed by atoms with E-state index in [-0.39, 0.29) is 0 Å². The van der Waals surface area contributed by atoms with Crippen LogP contribution in [0.25, 0.3) is 50.2 Å². The lowest BCUT2D eigenvalue weighted by molar-refractivity contribution is 0.772. The first-order valence-corrected chi connectivity index (χ1v) is 14.6. The Bertz CT molecular complexity index is 2060.